The van der Waals surface area contributed by atoms with E-state index in [4.69, 9.17) is 33.2 Å². The van der Waals surface area contributed by atoms with E-state index in [0.29, 0.717) is 25.7 Å². The highest BCUT2D eigenvalue weighted by Crippen LogP contribution is 2.89. The number of fused-ring (bicyclic) bond motifs is 2. The van der Waals surface area contributed by atoms with Crippen molar-refractivity contribution in [2.75, 3.05) is 13.2 Å². The third-order valence-electron chi connectivity index (χ3n) is 18.2. The van der Waals surface area contributed by atoms with Crippen LogP contribution in [0.25, 0.3) is 0 Å². The zero-order valence-corrected chi connectivity index (χ0v) is 37.3. The molecule has 0 bridgehead atoms. The van der Waals surface area contributed by atoms with Crippen LogP contribution >= 0.6 is 0 Å². The van der Waals surface area contributed by atoms with Gasteiger partial charge in [-0.05, 0) is 117 Å². The molecular weight excluding hydrogens is 796 g/mol. The fourth-order valence-electron chi connectivity index (χ4n) is 15.5. The lowest BCUT2D eigenvalue weighted by molar-refractivity contribution is -0.339. The Bertz CT molecular complexity index is 1680. The third kappa shape index (κ3) is 6.89. The molecule has 0 radical (unpaired) electrons. The van der Waals surface area contributed by atoms with Crippen molar-refractivity contribution in [1.82, 2.24) is 0 Å². The molecule has 16 nitrogen and oxygen atoms in total. The summed E-state index contributed by atoms with van der Waals surface area (Å²) in [4.78, 5) is 24.5. The number of esters is 2. The molecule has 8 aliphatic rings. The lowest BCUT2D eigenvalue weighted by Gasteiger charge is -2.65. The first-order valence-corrected chi connectivity index (χ1v) is 22.6. The third-order valence-corrected chi connectivity index (χ3v) is 18.2. The van der Waals surface area contributed by atoms with Crippen LogP contribution in [-0.2, 0) is 42.7 Å². The molecule has 3 saturated heterocycles. The van der Waals surface area contributed by atoms with E-state index in [1.54, 1.807) is 13.8 Å². The number of carbonyl (C=O) groups is 2. The molecule has 5 aliphatic carbocycles. The van der Waals surface area contributed by atoms with Gasteiger partial charge in [-0.25, -0.2) is 0 Å². The number of rotatable bonds is 9. The van der Waals surface area contributed by atoms with Crippen LogP contribution in [0.1, 0.15) is 120 Å². The molecule has 21 atom stereocenters. The highest BCUT2D eigenvalue weighted by Gasteiger charge is 2.85. The van der Waals surface area contributed by atoms with Gasteiger partial charge in [0.25, 0.3) is 0 Å². The zero-order chi connectivity index (χ0) is 44.6. The van der Waals surface area contributed by atoms with Gasteiger partial charge in [-0.15, -0.1) is 0 Å². The molecule has 0 amide bonds. The number of ether oxygens (including phenoxy) is 7. The maximum atomic E-state index is 12.4. The van der Waals surface area contributed by atoms with Crippen LogP contribution in [0.15, 0.2) is 0 Å². The van der Waals surface area contributed by atoms with Crippen LogP contribution in [0, 0.1) is 44.8 Å². The Labute approximate surface area is 358 Å². The number of hydrogen-bond donors (Lipinski definition) is 7. The maximum absolute atomic E-state index is 12.4. The SMILES string of the molecule is CC(=O)O[C@@H]1[C@@H](O[C@@H]2CC[C@]34C[C@]35CC[C@]3(C)[C@H]([C@]6(C)CC[C@H](C(C)(C)O)O6)[C@@H](O)C[C@@]3(C)[C@@H]5C[C@H](O[C@@H]3O[C@H](CO)[C@H](O)[C@H](O)[C@@H]3O)[C@H]4C2(C)C)OC[C@@H](O)[C@@H]1OC(C)=O. The molecule has 348 valence electrons. The summed E-state index contributed by atoms with van der Waals surface area (Å²) in [5, 5.41) is 77.1. The Morgan fingerprint density at radius 1 is 0.754 bits per heavy atom. The minimum atomic E-state index is -1.63. The van der Waals surface area contributed by atoms with Gasteiger partial charge in [0.2, 0.25) is 0 Å². The Kier molecular flexibility index (Phi) is 11.5. The predicted octanol–water partition coefficient (Wildman–Crippen LogP) is 1.87. The predicted molar refractivity (Wildman–Crippen MR) is 213 cm³/mol. The second-order valence-electron chi connectivity index (χ2n) is 22.2. The normalized spacial score (nSPS) is 53.8. The molecule has 0 aromatic carbocycles. The number of aliphatic hydroxyl groups excluding tert-OH is 6. The molecule has 61 heavy (non-hydrogen) atoms. The van der Waals surface area contributed by atoms with Gasteiger partial charge in [0.05, 0.1) is 48.8 Å². The highest BCUT2D eigenvalue weighted by molar-refractivity contribution is 5.67. The summed E-state index contributed by atoms with van der Waals surface area (Å²) in [7, 11) is 0. The van der Waals surface area contributed by atoms with Crippen LogP contribution in [0.3, 0.4) is 0 Å². The summed E-state index contributed by atoms with van der Waals surface area (Å²) in [6, 6.07) is 0. The maximum Gasteiger partial charge on any atom is 0.303 e. The Hall–Kier alpha value is -1.54. The summed E-state index contributed by atoms with van der Waals surface area (Å²) < 4.78 is 43.6. The van der Waals surface area contributed by atoms with E-state index in [2.05, 4.69) is 34.6 Å². The molecular formula is C45H72O16. The monoisotopic (exact) mass is 868 g/mol. The summed E-state index contributed by atoms with van der Waals surface area (Å²) >= 11 is 0. The lowest BCUT2D eigenvalue weighted by atomic mass is 9.41. The average molecular weight is 869 g/mol. The van der Waals surface area contributed by atoms with Gasteiger partial charge in [-0.2, -0.15) is 0 Å². The van der Waals surface area contributed by atoms with Gasteiger partial charge in [0.1, 0.15) is 30.5 Å². The molecule has 16 heteroatoms. The van der Waals surface area contributed by atoms with Gasteiger partial charge in [0, 0.05) is 19.8 Å². The van der Waals surface area contributed by atoms with Crippen LogP contribution < -0.4 is 0 Å². The van der Waals surface area contributed by atoms with Gasteiger partial charge >= 0.3 is 11.9 Å². The van der Waals surface area contributed by atoms with Crippen molar-refractivity contribution in [1.29, 1.82) is 0 Å². The first-order valence-electron chi connectivity index (χ1n) is 22.6. The average Bonchev–Trinajstić information content (AvgIpc) is 3.52. The van der Waals surface area contributed by atoms with Crippen molar-refractivity contribution < 1.29 is 78.5 Å². The minimum absolute atomic E-state index is 0.0638. The smallest absolute Gasteiger partial charge is 0.303 e. The van der Waals surface area contributed by atoms with Crippen molar-refractivity contribution in [3.63, 3.8) is 0 Å². The summed E-state index contributed by atoms with van der Waals surface area (Å²) in [6.07, 6.45) is -7.80. The first kappa shape index (κ1) is 46.0. The van der Waals surface area contributed by atoms with Crippen LogP contribution in [0.4, 0.5) is 0 Å². The molecule has 2 spiro atoms. The Morgan fingerprint density at radius 2 is 1.43 bits per heavy atom. The summed E-state index contributed by atoms with van der Waals surface area (Å²) in [6.45, 7) is 16.1. The van der Waals surface area contributed by atoms with E-state index in [0.717, 1.165) is 32.1 Å². The van der Waals surface area contributed by atoms with E-state index in [1.807, 2.05) is 0 Å². The number of hydrogen-bond acceptors (Lipinski definition) is 16. The summed E-state index contributed by atoms with van der Waals surface area (Å²) in [5.74, 6) is -1.67. The largest absolute Gasteiger partial charge is 0.455 e. The molecule has 8 rings (SSSR count). The Balaban J connectivity index is 1.15. The number of aliphatic hydroxyl groups is 7. The van der Waals surface area contributed by atoms with Gasteiger partial charge in [0.15, 0.2) is 24.8 Å². The topological polar surface area (TPSA) is 240 Å². The van der Waals surface area contributed by atoms with Crippen molar-refractivity contribution >= 4 is 11.9 Å². The summed E-state index contributed by atoms with van der Waals surface area (Å²) in [5.41, 5.74) is -3.46. The Morgan fingerprint density at radius 3 is 2.05 bits per heavy atom. The number of carbonyl (C=O) groups excluding carboxylic acids is 2. The quantitative estimate of drug-likeness (QED) is 0.129. The lowest BCUT2D eigenvalue weighted by Crippen LogP contribution is -2.65. The fraction of sp³-hybridized carbons (Fsp3) is 0.956. The van der Waals surface area contributed by atoms with Crippen molar-refractivity contribution in [3.05, 3.63) is 0 Å². The van der Waals surface area contributed by atoms with Crippen molar-refractivity contribution in [2.24, 2.45) is 44.8 Å². The molecule has 0 unspecified atom stereocenters. The minimum Gasteiger partial charge on any atom is -0.455 e. The zero-order valence-electron chi connectivity index (χ0n) is 37.3. The fourth-order valence-corrected chi connectivity index (χ4v) is 15.5. The molecule has 5 saturated carbocycles. The molecule has 7 N–H and O–H groups in total. The van der Waals surface area contributed by atoms with Crippen LogP contribution in [0.2, 0.25) is 0 Å². The van der Waals surface area contributed by atoms with E-state index in [1.165, 1.54) is 13.8 Å². The molecule has 0 aromatic heterocycles. The first-order chi connectivity index (χ1) is 28.3. The van der Waals surface area contributed by atoms with Crippen LogP contribution in [-0.4, -0.2) is 152 Å². The highest BCUT2D eigenvalue weighted by atomic mass is 16.7. The van der Waals surface area contributed by atoms with Crippen molar-refractivity contribution in [3.8, 4) is 0 Å². The van der Waals surface area contributed by atoms with Crippen molar-refractivity contribution in [2.45, 2.75) is 211 Å². The van der Waals surface area contributed by atoms with E-state index >= 15 is 0 Å². The molecule has 8 fully saturated rings. The van der Waals surface area contributed by atoms with Gasteiger partial charge in [-0.3, -0.25) is 9.59 Å². The second-order valence-corrected chi connectivity index (χ2v) is 22.2. The van der Waals surface area contributed by atoms with E-state index in [-0.39, 0.29) is 52.1 Å². The van der Waals surface area contributed by atoms with Gasteiger partial charge < -0.3 is 68.9 Å². The standard InChI is InChI=1S/C45H72O16/c1-21(47)56-33-24(50)19-55-38(34(33)57-22(2)48)60-28-11-13-45-20-44(45)15-14-41(7)35(43(9)12-10-29(61-43)40(5,6)54)23(49)17-42(41,8)27(44)16-25(36(45)39(28,3)4)58-37-32(53)31(52)30(51)26(18-46)59-37/h23-38,46,49-54H,10-20H2,1-9H3/t23-,24+,25-,26+,27-,28+,29+,30-,31-,32-,33-,34-,35+,36-,37+,38+,41+,42-,43-,44-,45+/m0/s1. The van der Waals surface area contributed by atoms with Gasteiger partial charge in [-0.1, -0.05) is 27.7 Å². The van der Waals surface area contributed by atoms with E-state index < -0.39 is 109 Å². The molecule has 3 aliphatic heterocycles. The van der Waals surface area contributed by atoms with Crippen LogP contribution in [0.5, 0.6) is 0 Å². The molecule has 3 heterocycles. The second kappa shape index (κ2) is 15.3. The molecule has 0 aromatic rings. The van der Waals surface area contributed by atoms with E-state index in [9.17, 15) is 45.3 Å².